The predicted molar refractivity (Wildman–Crippen MR) is 133 cm³/mol. The minimum atomic E-state index is 0.527. The Morgan fingerprint density at radius 3 is 2.00 bits per heavy atom. The quantitative estimate of drug-likeness (QED) is 0.272. The van der Waals surface area contributed by atoms with E-state index in [1.807, 2.05) is 0 Å². The van der Waals surface area contributed by atoms with Gasteiger partial charge in [-0.1, -0.05) is 48.2 Å². The Kier molecular flexibility index (Phi) is 5.35. The third kappa shape index (κ3) is 3.44. The first-order chi connectivity index (χ1) is 14.8. The molecule has 0 N–H and O–H groups in total. The molecule has 0 fully saturated rings. The zero-order valence-corrected chi connectivity index (χ0v) is 18.9. The van der Waals surface area contributed by atoms with Gasteiger partial charge in [0.2, 0.25) is 0 Å². The van der Waals surface area contributed by atoms with Gasteiger partial charge in [0, 0.05) is 22.9 Å². The molecule has 2 unspecified atom stereocenters. The van der Waals surface area contributed by atoms with Gasteiger partial charge in [0.05, 0.1) is 0 Å². The molecule has 0 spiro atoms. The summed E-state index contributed by atoms with van der Waals surface area (Å²) in [6, 6.07) is 21.5. The van der Waals surface area contributed by atoms with Crippen molar-refractivity contribution in [2.45, 2.75) is 6.16 Å². The highest BCUT2D eigenvalue weighted by Gasteiger charge is 2.21. The molecule has 2 atom stereocenters. The van der Waals surface area contributed by atoms with E-state index in [9.17, 15) is 0 Å². The molecule has 5 rings (SSSR count). The number of hydrogen-bond donors (Lipinski definition) is 0. The molecule has 0 saturated heterocycles. The maximum Gasteiger partial charge on any atom is 0.128 e. The van der Waals surface area contributed by atoms with Crippen molar-refractivity contribution in [2.24, 2.45) is 0 Å². The molecule has 4 aromatic rings. The van der Waals surface area contributed by atoms with Crippen molar-refractivity contribution in [2.75, 3.05) is 19.4 Å². The number of rotatable bonds is 1. The summed E-state index contributed by atoms with van der Waals surface area (Å²) in [5, 5.41) is 4.70. The van der Waals surface area contributed by atoms with Gasteiger partial charge in [0.1, 0.15) is 24.7 Å². The van der Waals surface area contributed by atoms with Crippen molar-refractivity contribution >= 4 is 40.0 Å². The number of hydrogen-bond acceptors (Lipinski definition) is 2. The van der Waals surface area contributed by atoms with E-state index < -0.39 is 0 Å². The van der Waals surface area contributed by atoms with Crippen LogP contribution in [0.25, 0.3) is 32.7 Å². The molecular formula is C26H22O2P2. The van der Waals surface area contributed by atoms with E-state index in [-0.39, 0.29) is 0 Å². The van der Waals surface area contributed by atoms with Gasteiger partial charge in [0.15, 0.2) is 0 Å². The summed E-state index contributed by atoms with van der Waals surface area (Å²) in [7, 11) is 5.45. The number of fused-ring (bicyclic) bond motifs is 7. The van der Waals surface area contributed by atoms with Gasteiger partial charge in [-0.25, -0.2) is 0 Å². The highest BCUT2D eigenvalue weighted by atomic mass is 31.0. The lowest BCUT2D eigenvalue weighted by Crippen LogP contribution is -2.13. The van der Waals surface area contributed by atoms with Gasteiger partial charge in [0.25, 0.3) is 0 Å². The van der Waals surface area contributed by atoms with E-state index in [0.29, 0.717) is 13.2 Å². The number of benzene rings is 4. The first-order valence-corrected chi connectivity index (χ1v) is 11.7. The molecule has 0 bridgehead atoms. The second-order valence-corrected chi connectivity index (χ2v) is 8.09. The zero-order valence-electron chi connectivity index (χ0n) is 16.6. The Morgan fingerprint density at radius 2 is 1.37 bits per heavy atom. The van der Waals surface area contributed by atoms with Crippen molar-refractivity contribution in [1.29, 1.82) is 0 Å². The Labute approximate surface area is 181 Å². The Bertz CT molecular complexity index is 1330. The standard InChI is InChI=1S/C26H22O2P2/c29-13-1-2-17-3-7-21-19(14-17)5-9-23-25(21)26-22-8-4-18(16-30)15-20(22)6-10-24(26)28-12-11-27-23/h3-10,14-15H,11-13,16,29-30H2. The van der Waals surface area contributed by atoms with Crippen molar-refractivity contribution in [3.63, 3.8) is 0 Å². The van der Waals surface area contributed by atoms with Crippen LogP contribution in [-0.2, 0) is 6.16 Å². The molecule has 4 aromatic carbocycles. The van der Waals surface area contributed by atoms with Crippen molar-refractivity contribution < 1.29 is 9.47 Å². The van der Waals surface area contributed by atoms with E-state index >= 15 is 0 Å². The van der Waals surface area contributed by atoms with Crippen molar-refractivity contribution in [3.8, 4) is 34.5 Å². The van der Waals surface area contributed by atoms with Crippen LogP contribution in [-0.4, -0.2) is 19.4 Å². The molecule has 1 aliphatic rings. The van der Waals surface area contributed by atoms with Crippen LogP contribution in [0.15, 0.2) is 60.7 Å². The largest absolute Gasteiger partial charge is 0.489 e. The fourth-order valence-electron chi connectivity index (χ4n) is 4.09. The Balaban J connectivity index is 1.84. The van der Waals surface area contributed by atoms with E-state index in [1.165, 1.54) is 16.3 Å². The summed E-state index contributed by atoms with van der Waals surface area (Å²) in [5.74, 6) is 8.16. The first-order valence-electron chi connectivity index (χ1n) is 10.1. The molecule has 0 saturated carbocycles. The van der Waals surface area contributed by atoms with Gasteiger partial charge in [-0.3, -0.25) is 0 Å². The monoisotopic (exact) mass is 428 g/mol. The Hall–Kier alpha value is -2.58. The molecule has 0 aliphatic carbocycles. The summed E-state index contributed by atoms with van der Waals surface area (Å²) in [4.78, 5) is 0. The van der Waals surface area contributed by atoms with Crippen LogP contribution in [0.1, 0.15) is 11.1 Å². The molecule has 0 amide bonds. The molecule has 0 radical (unpaired) electrons. The molecule has 30 heavy (non-hydrogen) atoms. The van der Waals surface area contributed by atoms with Gasteiger partial charge < -0.3 is 9.47 Å². The highest BCUT2D eigenvalue weighted by Crippen LogP contribution is 2.46. The first kappa shape index (κ1) is 19.4. The van der Waals surface area contributed by atoms with Crippen LogP contribution in [0, 0.1) is 11.8 Å². The van der Waals surface area contributed by atoms with Crippen molar-refractivity contribution in [3.05, 3.63) is 71.8 Å². The van der Waals surface area contributed by atoms with Gasteiger partial charge >= 0.3 is 0 Å². The van der Waals surface area contributed by atoms with E-state index in [2.05, 4.69) is 91.0 Å². The van der Waals surface area contributed by atoms with Crippen LogP contribution in [0.4, 0.5) is 0 Å². The fourth-order valence-corrected chi connectivity index (χ4v) is 4.44. The normalized spacial score (nSPS) is 12.6. The lowest BCUT2D eigenvalue weighted by Gasteiger charge is -2.22. The third-order valence-electron chi connectivity index (χ3n) is 5.45. The summed E-state index contributed by atoms with van der Waals surface area (Å²) >= 11 is 0. The highest BCUT2D eigenvalue weighted by molar-refractivity contribution is 7.16. The molecule has 1 aliphatic heterocycles. The second kappa shape index (κ2) is 8.28. The lowest BCUT2D eigenvalue weighted by atomic mass is 9.91. The second-order valence-electron chi connectivity index (χ2n) is 7.28. The third-order valence-corrected chi connectivity index (χ3v) is 6.12. The zero-order chi connectivity index (χ0) is 20.5. The van der Waals surface area contributed by atoms with Crippen LogP contribution in [0.2, 0.25) is 0 Å². The summed E-state index contributed by atoms with van der Waals surface area (Å²) in [6.07, 6.45) is 1.71. The summed E-state index contributed by atoms with van der Waals surface area (Å²) in [6.45, 7) is 1.06. The van der Waals surface area contributed by atoms with E-state index in [0.717, 1.165) is 51.3 Å². The smallest absolute Gasteiger partial charge is 0.128 e. The van der Waals surface area contributed by atoms with Crippen molar-refractivity contribution in [1.82, 2.24) is 0 Å². The van der Waals surface area contributed by atoms with Crippen LogP contribution in [0.3, 0.4) is 0 Å². The molecule has 148 valence electrons. The maximum atomic E-state index is 6.12. The number of ether oxygens (including phenoxy) is 2. The van der Waals surface area contributed by atoms with Crippen LogP contribution in [0.5, 0.6) is 11.5 Å². The molecular weight excluding hydrogens is 406 g/mol. The molecule has 4 heteroatoms. The van der Waals surface area contributed by atoms with Crippen LogP contribution >= 0.6 is 18.5 Å². The maximum absolute atomic E-state index is 6.12. The molecule has 0 aromatic heterocycles. The van der Waals surface area contributed by atoms with Gasteiger partial charge in [-0.2, -0.15) is 0 Å². The SMILES string of the molecule is PCC#Cc1ccc2c3c(ccc2c1)OCCOc1ccc2cc(CP)ccc2c1-3. The average molecular weight is 428 g/mol. The van der Waals surface area contributed by atoms with E-state index in [1.54, 1.807) is 0 Å². The average Bonchev–Trinajstić information content (AvgIpc) is 2.77. The van der Waals surface area contributed by atoms with E-state index in [4.69, 9.17) is 9.47 Å². The molecule has 2 nitrogen and oxygen atoms in total. The van der Waals surface area contributed by atoms with Crippen LogP contribution < -0.4 is 9.47 Å². The summed E-state index contributed by atoms with van der Waals surface area (Å²) < 4.78 is 12.2. The lowest BCUT2D eigenvalue weighted by molar-refractivity contribution is 0.215. The predicted octanol–water partition coefficient (Wildman–Crippen LogP) is 6.03. The minimum absolute atomic E-state index is 0.527. The topological polar surface area (TPSA) is 18.5 Å². The molecule has 1 heterocycles. The van der Waals surface area contributed by atoms with Gasteiger partial charge in [-0.15, -0.1) is 18.5 Å². The summed E-state index contributed by atoms with van der Waals surface area (Å²) in [5.41, 5.74) is 4.52. The fraction of sp³-hybridized carbons (Fsp3) is 0.154. The minimum Gasteiger partial charge on any atom is -0.489 e. The Morgan fingerprint density at radius 1 is 0.733 bits per heavy atom. The van der Waals surface area contributed by atoms with Gasteiger partial charge in [-0.05, 0) is 57.5 Å².